The first kappa shape index (κ1) is 20.1. The van der Waals surface area contributed by atoms with Gasteiger partial charge in [0.15, 0.2) is 5.96 Å². The Balaban J connectivity index is 1.96. The maximum Gasteiger partial charge on any atom is 0.251 e. The highest BCUT2D eigenvalue weighted by atomic mass is 35.5. The van der Waals surface area contributed by atoms with Gasteiger partial charge >= 0.3 is 0 Å². The molecule has 0 fully saturated rings. The Labute approximate surface area is 163 Å². The van der Waals surface area contributed by atoms with Gasteiger partial charge in [0.1, 0.15) is 0 Å². The second-order valence-electron chi connectivity index (χ2n) is 5.79. The lowest BCUT2D eigenvalue weighted by atomic mass is 10.1. The van der Waals surface area contributed by atoms with Crippen molar-refractivity contribution in [3.8, 4) is 0 Å². The summed E-state index contributed by atoms with van der Waals surface area (Å²) in [6.07, 6.45) is 0. The number of nitrogens with two attached hydrogens (primary N) is 1. The van der Waals surface area contributed by atoms with Gasteiger partial charge in [-0.2, -0.15) is 0 Å². The molecule has 7 heteroatoms. The fraction of sp³-hybridized carbons (Fsp3) is 0.263. The minimum atomic E-state index is -0.108. The van der Waals surface area contributed by atoms with Crippen LogP contribution in [0.3, 0.4) is 0 Å². The molecule has 0 saturated carbocycles. The second-order valence-corrected chi connectivity index (χ2v) is 6.63. The van der Waals surface area contributed by atoms with Gasteiger partial charge in [0.2, 0.25) is 0 Å². The maximum atomic E-state index is 11.7. The number of nitrogens with one attached hydrogen (secondary N) is 2. The SMILES string of the molecule is CCNC(=O)c1ccc(CN=C(N)NC(C)c2ccc(Cl)cc2Cl)cc1. The normalized spacial score (nSPS) is 12.5. The lowest BCUT2D eigenvalue weighted by molar-refractivity contribution is 0.0956. The number of rotatable bonds is 6. The van der Waals surface area contributed by atoms with Crippen LogP contribution in [-0.4, -0.2) is 18.4 Å². The van der Waals surface area contributed by atoms with Crippen LogP contribution < -0.4 is 16.4 Å². The summed E-state index contributed by atoms with van der Waals surface area (Å²) in [5, 5.41) is 7.03. The van der Waals surface area contributed by atoms with E-state index in [0.29, 0.717) is 34.7 Å². The number of guanidine groups is 1. The van der Waals surface area contributed by atoms with Crippen molar-refractivity contribution in [2.45, 2.75) is 26.4 Å². The number of carbonyl (C=O) groups excluding carboxylic acids is 1. The largest absolute Gasteiger partial charge is 0.370 e. The van der Waals surface area contributed by atoms with E-state index < -0.39 is 0 Å². The van der Waals surface area contributed by atoms with Crippen LogP contribution in [0.4, 0.5) is 0 Å². The van der Waals surface area contributed by atoms with Gasteiger partial charge in [-0.15, -0.1) is 0 Å². The van der Waals surface area contributed by atoms with Crippen LogP contribution in [-0.2, 0) is 6.54 Å². The molecule has 0 aromatic heterocycles. The third-order valence-electron chi connectivity index (χ3n) is 3.78. The third-order valence-corrected chi connectivity index (χ3v) is 4.34. The number of hydrogen-bond donors (Lipinski definition) is 3. The molecule has 0 saturated heterocycles. The molecule has 2 rings (SSSR count). The Morgan fingerprint density at radius 3 is 2.50 bits per heavy atom. The Morgan fingerprint density at radius 1 is 1.19 bits per heavy atom. The molecule has 2 aromatic carbocycles. The molecule has 1 unspecified atom stereocenters. The van der Waals surface area contributed by atoms with E-state index >= 15 is 0 Å². The minimum absolute atomic E-state index is 0.0857. The highest BCUT2D eigenvalue weighted by Crippen LogP contribution is 2.25. The van der Waals surface area contributed by atoms with Gasteiger partial charge in [0.05, 0.1) is 12.6 Å². The van der Waals surface area contributed by atoms with Gasteiger partial charge in [-0.3, -0.25) is 4.79 Å². The van der Waals surface area contributed by atoms with Gasteiger partial charge in [-0.05, 0) is 49.2 Å². The summed E-state index contributed by atoms with van der Waals surface area (Å²) < 4.78 is 0. The smallest absolute Gasteiger partial charge is 0.251 e. The molecule has 0 aliphatic carbocycles. The van der Waals surface area contributed by atoms with Gasteiger partial charge in [0, 0.05) is 22.2 Å². The van der Waals surface area contributed by atoms with Gasteiger partial charge in [0.25, 0.3) is 5.91 Å². The van der Waals surface area contributed by atoms with Crippen LogP contribution in [0.15, 0.2) is 47.5 Å². The van der Waals surface area contributed by atoms with E-state index in [-0.39, 0.29) is 11.9 Å². The Bertz CT molecular complexity index is 791. The number of hydrogen-bond acceptors (Lipinski definition) is 2. The topological polar surface area (TPSA) is 79.5 Å². The number of amides is 1. The molecule has 0 bridgehead atoms. The van der Waals surface area contributed by atoms with Gasteiger partial charge < -0.3 is 16.4 Å². The molecule has 2 aromatic rings. The minimum Gasteiger partial charge on any atom is -0.370 e. The van der Waals surface area contributed by atoms with Crippen LogP contribution in [0.2, 0.25) is 10.0 Å². The highest BCUT2D eigenvalue weighted by molar-refractivity contribution is 6.35. The Morgan fingerprint density at radius 2 is 1.88 bits per heavy atom. The molecule has 138 valence electrons. The number of nitrogens with zero attached hydrogens (tertiary/aromatic N) is 1. The van der Waals surface area contributed by atoms with Crippen molar-refractivity contribution in [2.75, 3.05) is 6.54 Å². The van der Waals surface area contributed by atoms with Crippen LogP contribution in [0.5, 0.6) is 0 Å². The first-order valence-electron chi connectivity index (χ1n) is 8.29. The summed E-state index contributed by atoms with van der Waals surface area (Å²) in [5.41, 5.74) is 8.43. The maximum absolute atomic E-state index is 11.7. The molecular weight excluding hydrogens is 371 g/mol. The second kappa shape index (κ2) is 9.46. The number of halogens is 2. The van der Waals surface area contributed by atoms with Crippen LogP contribution >= 0.6 is 23.2 Å². The molecule has 0 aliphatic rings. The average molecular weight is 393 g/mol. The molecular formula is C19H22Cl2N4O. The predicted molar refractivity (Wildman–Crippen MR) is 108 cm³/mol. The number of carbonyl (C=O) groups is 1. The molecule has 0 radical (unpaired) electrons. The van der Waals surface area contributed by atoms with Crippen molar-refractivity contribution in [3.63, 3.8) is 0 Å². The van der Waals surface area contributed by atoms with Crippen molar-refractivity contribution >= 4 is 35.1 Å². The molecule has 0 aliphatic heterocycles. The molecule has 5 nitrogen and oxygen atoms in total. The summed E-state index contributed by atoms with van der Waals surface area (Å²) in [6.45, 7) is 4.84. The van der Waals surface area contributed by atoms with Crippen molar-refractivity contribution in [3.05, 3.63) is 69.2 Å². The molecule has 1 amide bonds. The van der Waals surface area contributed by atoms with E-state index in [1.54, 1.807) is 24.3 Å². The van der Waals surface area contributed by atoms with Crippen molar-refractivity contribution in [1.82, 2.24) is 10.6 Å². The Kier molecular flexibility index (Phi) is 7.30. The molecule has 0 spiro atoms. The van der Waals surface area contributed by atoms with Crippen LogP contribution in [0.1, 0.15) is 41.4 Å². The van der Waals surface area contributed by atoms with E-state index in [1.807, 2.05) is 32.0 Å². The molecule has 4 N–H and O–H groups in total. The standard InChI is InChI=1S/C19H22Cl2N4O/c1-3-23-18(26)14-6-4-13(5-7-14)11-24-19(22)25-12(2)16-9-8-15(20)10-17(16)21/h4-10,12H,3,11H2,1-2H3,(H,23,26)(H3,22,24,25). The third kappa shape index (κ3) is 5.64. The zero-order valence-corrected chi connectivity index (χ0v) is 16.2. The summed E-state index contributed by atoms with van der Waals surface area (Å²) in [6, 6.07) is 12.5. The van der Waals surface area contributed by atoms with Crippen molar-refractivity contribution < 1.29 is 4.79 Å². The zero-order valence-electron chi connectivity index (χ0n) is 14.7. The van der Waals surface area contributed by atoms with Crippen LogP contribution in [0, 0.1) is 0 Å². The fourth-order valence-corrected chi connectivity index (χ4v) is 2.97. The molecule has 0 heterocycles. The Hall–Kier alpha value is -2.24. The lowest BCUT2D eigenvalue weighted by Gasteiger charge is -2.16. The van der Waals surface area contributed by atoms with E-state index in [9.17, 15) is 4.79 Å². The fourth-order valence-electron chi connectivity index (χ4n) is 2.40. The predicted octanol–water partition coefficient (Wildman–Crippen LogP) is 3.91. The summed E-state index contributed by atoms with van der Waals surface area (Å²) >= 11 is 12.1. The number of benzene rings is 2. The van der Waals surface area contributed by atoms with Gasteiger partial charge in [-0.1, -0.05) is 41.4 Å². The first-order valence-corrected chi connectivity index (χ1v) is 9.04. The number of aliphatic imine (C=N–C) groups is 1. The molecule has 26 heavy (non-hydrogen) atoms. The van der Waals surface area contributed by atoms with E-state index in [1.165, 1.54) is 0 Å². The van der Waals surface area contributed by atoms with Crippen molar-refractivity contribution in [2.24, 2.45) is 10.7 Å². The average Bonchev–Trinajstić information content (AvgIpc) is 2.60. The zero-order chi connectivity index (χ0) is 19.1. The van der Waals surface area contributed by atoms with Gasteiger partial charge in [-0.25, -0.2) is 4.99 Å². The van der Waals surface area contributed by atoms with E-state index in [4.69, 9.17) is 28.9 Å². The van der Waals surface area contributed by atoms with Crippen molar-refractivity contribution in [1.29, 1.82) is 0 Å². The first-order chi connectivity index (χ1) is 12.4. The van der Waals surface area contributed by atoms with Crippen LogP contribution in [0.25, 0.3) is 0 Å². The summed E-state index contributed by atoms with van der Waals surface area (Å²) in [5.74, 6) is 0.230. The monoisotopic (exact) mass is 392 g/mol. The molecule has 1 atom stereocenters. The highest BCUT2D eigenvalue weighted by Gasteiger charge is 2.10. The summed E-state index contributed by atoms with van der Waals surface area (Å²) in [4.78, 5) is 16.1. The quantitative estimate of drug-likeness (QED) is 0.514. The lowest BCUT2D eigenvalue weighted by Crippen LogP contribution is -2.34. The summed E-state index contributed by atoms with van der Waals surface area (Å²) in [7, 11) is 0. The van der Waals surface area contributed by atoms with E-state index in [0.717, 1.165) is 11.1 Å². The van der Waals surface area contributed by atoms with E-state index in [2.05, 4.69) is 15.6 Å².